The molecular weight excluding hydrogens is 288 g/mol. The average Bonchev–Trinajstić information content (AvgIpc) is 2.75. The first-order valence-electron chi connectivity index (χ1n) is 6.87. The van der Waals surface area contributed by atoms with Crippen LogP contribution in [-0.2, 0) is 19.9 Å². The van der Waals surface area contributed by atoms with Gasteiger partial charge in [0.25, 0.3) is 5.91 Å². The van der Waals surface area contributed by atoms with E-state index in [-0.39, 0.29) is 5.92 Å². The molecule has 0 aliphatic heterocycles. The normalized spacial score (nSPS) is 17.5. The number of nitrogens with zero attached hydrogens (tertiary/aromatic N) is 2. The lowest BCUT2D eigenvalue weighted by Gasteiger charge is -2.24. The van der Waals surface area contributed by atoms with Crippen molar-refractivity contribution in [2.75, 3.05) is 5.73 Å². The van der Waals surface area contributed by atoms with Gasteiger partial charge in [0.05, 0.1) is 5.69 Å². The van der Waals surface area contributed by atoms with Crippen molar-refractivity contribution in [1.29, 1.82) is 0 Å². The molecular formula is C15H17ClN4O. The van der Waals surface area contributed by atoms with Crippen molar-refractivity contribution in [3.63, 3.8) is 0 Å². The Balaban J connectivity index is 2.01. The number of amides is 1. The maximum Gasteiger partial charge on any atom is 0.254 e. The van der Waals surface area contributed by atoms with Crippen molar-refractivity contribution in [2.45, 2.75) is 25.2 Å². The first-order valence-corrected chi connectivity index (χ1v) is 7.25. The van der Waals surface area contributed by atoms with E-state index in [9.17, 15) is 4.79 Å². The van der Waals surface area contributed by atoms with Gasteiger partial charge >= 0.3 is 0 Å². The van der Waals surface area contributed by atoms with Crippen LogP contribution in [0.15, 0.2) is 18.2 Å². The first-order chi connectivity index (χ1) is 9.99. The van der Waals surface area contributed by atoms with Gasteiger partial charge in [0.2, 0.25) is 0 Å². The van der Waals surface area contributed by atoms with Crippen molar-refractivity contribution >= 4 is 23.3 Å². The van der Waals surface area contributed by atoms with E-state index in [2.05, 4.69) is 11.2 Å². The highest BCUT2D eigenvalue weighted by molar-refractivity contribution is 6.31. The number of hydrogen-bond donors (Lipinski definition) is 2. The molecule has 1 aliphatic rings. The van der Waals surface area contributed by atoms with E-state index in [4.69, 9.17) is 23.1 Å². The predicted octanol–water partition coefficient (Wildman–Crippen LogP) is 2.03. The van der Waals surface area contributed by atoms with Gasteiger partial charge in [0.15, 0.2) is 0 Å². The summed E-state index contributed by atoms with van der Waals surface area (Å²) in [6.07, 6.45) is 2.55. The van der Waals surface area contributed by atoms with Gasteiger partial charge in [0, 0.05) is 18.0 Å². The molecule has 0 bridgehead atoms. The molecule has 0 spiro atoms. The predicted molar refractivity (Wildman–Crippen MR) is 82.4 cm³/mol. The van der Waals surface area contributed by atoms with E-state index in [1.165, 1.54) is 15.8 Å². The number of fused-ring (bicyclic) bond motifs is 1. The van der Waals surface area contributed by atoms with E-state index >= 15 is 0 Å². The van der Waals surface area contributed by atoms with Crippen molar-refractivity contribution < 1.29 is 4.79 Å². The minimum absolute atomic E-state index is 0.141. The molecule has 1 aliphatic carbocycles. The van der Waals surface area contributed by atoms with E-state index in [0.29, 0.717) is 17.1 Å². The molecule has 1 atom stereocenters. The lowest BCUT2D eigenvalue weighted by molar-refractivity contribution is 0.0999. The number of anilines is 1. The largest absolute Gasteiger partial charge is 0.383 e. The number of benzene rings is 1. The Bertz CT molecular complexity index is 723. The topological polar surface area (TPSA) is 86.9 Å². The number of nitrogen functional groups attached to an aromatic ring is 1. The zero-order valence-corrected chi connectivity index (χ0v) is 12.5. The number of aryl methyl sites for hydroxylation is 1. The van der Waals surface area contributed by atoms with Gasteiger partial charge in [-0.15, -0.1) is 0 Å². The molecule has 0 fully saturated rings. The van der Waals surface area contributed by atoms with E-state index in [0.717, 1.165) is 24.3 Å². The number of carbonyl (C=O) groups is 1. The van der Waals surface area contributed by atoms with Crippen molar-refractivity contribution in [3.05, 3.63) is 45.6 Å². The highest BCUT2D eigenvalue weighted by Crippen LogP contribution is 2.37. The standard InChI is InChI=1S/C15H17ClN4O/c1-20-14(17)12(15(18)21)13(19-20)9-5-6-10-8(7-9)3-2-4-11(10)16/h2-4,9H,5-7,17H2,1H3,(H2,18,21). The molecule has 0 radical (unpaired) electrons. The van der Waals surface area contributed by atoms with Crippen LogP contribution in [0.1, 0.15) is 39.5 Å². The van der Waals surface area contributed by atoms with Gasteiger partial charge in [0.1, 0.15) is 11.4 Å². The molecule has 2 aromatic rings. The highest BCUT2D eigenvalue weighted by atomic mass is 35.5. The summed E-state index contributed by atoms with van der Waals surface area (Å²) in [5.74, 6) is -0.0520. The van der Waals surface area contributed by atoms with Gasteiger partial charge in [-0.2, -0.15) is 5.10 Å². The Morgan fingerprint density at radius 3 is 2.95 bits per heavy atom. The second kappa shape index (κ2) is 5.07. The maximum atomic E-state index is 11.7. The Morgan fingerprint density at radius 1 is 1.48 bits per heavy atom. The lowest BCUT2D eigenvalue weighted by atomic mass is 9.81. The molecule has 110 valence electrons. The first kappa shape index (κ1) is 13.9. The quantitative estimate of drug-likeness (QED) is 0.890. The summed E-state index contributed by atoms with van der Waals surface area (Å²) >= 11 is 6.23. The average molecular weight is 305 g/mol. The molecule has 1 amide bonds. The summed E-state index contributed by atoms with van der Waals surface area (Å²) < 4.78 is 1.52. The highest BCUT2D eigenvalue weighted by Gasteiger charge is 2.29. The molecule has 1 unspecified atom stereocenters. The fourth-order valence-corrected chi connectivity index (χ4v) is 3.38. The number of rotatable bonds is 2. The summed E-state index contributed by atoms with van der Waals surface area (Å²) in [6, 6.07) is 5.93. The van der Waals surface area contributed by atoms with Crippen LogP contribution < -0.4 is 11.5 Å². The van der Waals surface area contributed by atoms with Crippen molar-refractivity contribution in [1.82, 2.24) is 9.78 Å². The van der Waals surface area contributed by atoms with Crippen LogP contribution in [0.3, 0.4) is 0 Å². The van der Waals surface area contributed by atoms with E-state index < -0.39 is 5.91 Å². The number of nitrogens with two attached hydrogens (primary N) is 2. The number of halogens is 1. The zero-order chi connectivity index (χ0) is 15.1. The maximum absolute atomic E-state index is 11.7. The molecule has 4 N–H and O–H groups in total. The lowest BCUT2D eigenvalue weighted by Crippen LogP contribution is -2.19. The van der Waals surface area contributed by atoms with Crippen molar-refractivity contribution in [2.24, 2.45) is 12.8 Å². The van der Waals surface area contributed by atoms with Gasteiger partial charge in [-0.25, -0.2) is 0 Å². The van der Waals surface area contributed by atoms with Crippen LogP contribution in [0.5, 0.6) is 0 Å². The van der Waals surface area contributed by atoms with Crippen LogP contribution in [-0.4, -0.2) is 15.7 Å². The number of hydrogen-bond acceptors (Lipinski definition) is 3. The summed E-state index contributed by atoms with van der Waals surface area (Å²) in [4.78, 5) is 11.7. The monoisotopic (exact) mass is 304 g/mol. The molecule has 0 saturated heterocycles. The molecule has 3 rings (SSSR count). The third-order valence-corrected chi connectivity index (χ3v) is 4.53. The smallest absolute Gasteiger partial charge is 0.254 e. The van der Waals surface area contributed by atoms with Gasteiger partial charge in [-0.3, -0.25) is 9.48 Å². The van der Waals surface area contributed by atoms with Crippen LogP contribution in [0.25, 0.3) is 0 Å². The van der Waals surface area contributed by atoms with Gasteiger partial charge < -0.3 is 11.5 Å². The Morgan fingerprint density at radius 2 is 2.24 bits per heavy atom. The van der Waals surface area contributed by atoms with Crippen molar-refractivity contribution in [3.8, 4) is 0 Å². The minimum atomic E-state index is -0.521. The fraction of sp³-hybridized carbons (Fsp3) is 0.333. The number of aromatic nitrogens is 2. The third-order valence-electron chi connectivity index (χ3n) is 4.18. The minimum Gasteiger partial charge on any atom is -0.383 e. The fourth-order valence-electron chi connectivity index (χ4n) is 3.09. The Labute approximate surface area is 127 Å². The number of primary amides is 1. The van der Waals surface area contributed by atoms with E-state index in [1.807, 2.05) is 12.1 Å². The van der Waals surface area contributed by atoms with Gasteiger partial charge in [-0.1, -0.05) is 23.7 Å². The second-order valence-electron chi connectivity index (χ2n) is 5.45. The molecule has 6 heteroatoms. The van der Waals surface area contributed by atoms with Crippen LogP contribution in [0, 0.1) is 0 Å². The van der Waals surface area contributed by atoms with Crippen LogP contribution in [0.4, 0.5) is 5.82 Å². The Kier molecular flexibility index (Phi) is 3.37. The van der Waals surface area contributed by atoms with Crippen LogP contribution in [0.2, 0.25) is 5.02 Å². The van der Waals surface area contributed by atoms with Crippen LogP contribution >= 0.6 is 11.6 Å². The molecule has 1 aromatic carbocycles. The molecule has 5 nitrogen and oxygen atoms in total. The van der Waals surface area contributed by atoms with Gasteiger partial charge in [-0.05, 0) is 36.5 Å². The van der Waals surface area contributed by atoms with E-state index in [1.54, 1.807) is 7.05 Å². The summed E-state index contributed by atoms with van der Waals surface area (Å²) in [5, 5.41) is 5.22. The second-order valence-corrected chi connectivity index (χ2v) is 5.86. The summed E-state index contributed by atoms with van der Waals surface area (Å²) in [6.45, 7) is 0. The molecule has 21 heavy (non-hydrogen) atoms. The summed E-state index contributed by atoms with van der Waals surface area (Å²) in [7, 11) is 1.72. The third kappa shape index (κ3) is 2.27. The molecule has 1 heterocycles. The molecule has 1 aromatic heterocycles. The number of carbonyl (C=O) groups excluding carboxylic acids is 1. The molecule has 0 saturated carbocycles. The SMILES string of the molecule is Cn1nc(C2CCc3c(Cl)cccc3C2)c(C(N)=O)c1N. The zero-order valence-electron chi connectivity index (χ0n) is 11.8. The Hall–Kier alpha value is -2.01. The summed E-state index contributed by atoms with van der Waals surface area (Å²) in [5.41, 5.74) is 14.8.